The normalized spacial score (nSPS) is 16.3. The molecule has 1 aromatic carbocycles. The number of pyridine rings is 1. The zero-order valence-corrected chi connectivity index (χ0v) is 14.3. The maximum Gasteiger partial charge on any atom is 0.268 e. The highest BCUT2D eigenvalue weighted by molar-refractivity contribution is 6.03. The van der Waals surface area contributed by atoms with Gasteiger partial charge in [-0.3, -0.25) is 14.5 Å². The number of carbonyl (C=O) groups excluding carboxylic acids is 2. The van der Waals surface area contributed by atoms with Gasteiger partial charge in [-0.2, -0.15) is 0 Å². The molecule has 132 valence electrons. The first-order valence-corrected chi connectivity index (χ1v) is 8.37. The van der Waals surface area contributed by atoms with Gasteiger partial charge in [0.05, 0.1) is 5.69 Å². The lowest BCUT2D eigenvalue weighted by atomic mass is 10.2. The first-order valence-electron chi connectivity index (χ1n) is 8.37. The van der Waals surface area contributed by atoms with Crippen molar-refractivity contribution in [2.24, 2.45) is 0 Å². The molecule has 3 aromatic rings. The average molecular weight is 350 g/mol. The van der Waals surface area contributed by atoms with Crippen LogP contribution in [0.5, 0.6) is 5.75 Å². The number of ether oxygens (including phenoxy) is 1. The van der Waals surface area contributed by atoms with Crippen LogP contribution in [0.1, 0.15) is 12.5 Å². The highest BCUT2D eigenvalue weighted by Crippen LogP contribution is 2.33. The van der Waals surface area contributed by atoms with Crippen LogP contribution in [0.25, 0.3) is 5.65 Å². The fraction of sp³-hybridized carbons (Fsp3) is 0.211. The number of amides is 2. The summed E-state index contributed by atoms with van der Waals surface area (Å²) in [6.07, 6.45) is 4.87. The number of anilines is 1. The van der Waals surface area contributed by atoms with Crippen molar-refractivity contribution in [2.75, 3.05) is 11.4 Å². The van der Waals surface area contributed by atoms with Gasteiger partial charge in [0.15, 0.2) is 6.10 Å². The molecule has 0 fully saturated rings. The van der Waals surface area contributed by atoms with Crippen LogP contribution in [-0.4, -0.2) is 33.8 Å². The second-order valence-corrected chi connectivity index (χ2v) is 6.16. The molecule has 0 aliphatic carbocycles. The van der Waals surface area contributed by atoms with Crippen molar-refractivity contribution in [2.45, 2.75) is 19.6 Å². The van der Waals surface area contributed by atoms with Crippen LogP contribution in [0.3, 0.4) is 0 Å². The number of nitrogens with one attached hydrogen (secondary N) is 1. The Morgan fingerprint density at radius 2 is 2.12 bits per heavy atom. The zero-order chi connectivity index (χ0) is 18.1. The van der Waals surface area contributed by atoms with Crippen LogP contribution >= 0.6 is 0 Å². The molecule has 1 unspecified atom stereocenters. The van der Waals surface area contributed by atoms with E-state index in [2.05, 4.69) is 10.3 Å². The first-order chi connectivity index (χ1) is 12.6. The number of fused-ring (bicyclic) bond motifs is 2. The number of aromatic nitrogens is 2. The fourth-order valence-corrected chi connectivity index (χ4v) is 2.98. The Morgan fingerprint density at radius 1 is 1.27 bits per heavy atom. The van der Waals surface area contributed by atoms with Gasteiger partial charge in [-0.25, -0.2) is 4.98 Å². The van der Waals surface area contributed by atoms with E-state index in [0.717, 1.165) is 11.2 Å². The third-order valence-corrected chi connectivity index (χ3v) is 4.33. The summed E-state index contributed by atoms with van der Waals surface area (Å²) >= 11 is 0. The maximum absolute atomic E-state index is 12.4. The summed E-state index contributed by atoms with van der Waals surface area (Å²) in [6, 6.07) is 11.1. The number of para-hydroxylation sites is 2. The molecule has 2 amide bonds. The monoisotopic (exact) mass is 350 g/mol. The topological polar surface area (TPSA) is 75.9 Å². The Morgan fingerprint density at radius 3 is 3.00 bits per heavy atom. The summed E-state index contributed by atoms with van der Waals surface area (Å²) in [5.41, 5.74) is 2.38. The van der Waals surface area contributed by atoms with Crippen molar-refractivity contribution in [3.05, 3.63) is 60.6 Å². The number of imidazole rings is 1. The van der Waals surface area contributed by atoms with Crippen molar-refractivity contribution in [1.29, 1.82) is 0 Å². The van der Waals surface area contributed by atoms with Crippen molar-refractivity contribution in [1.82, 2.24) is 14.7 Å². The highest BCUT2D eigenvalue weighted by atomic mass is 16.5. The van der Waals surface area contributed by atoms with Crippen LogP contribution in [0.4, 0.5) is 5.69 Å². The van der Waals surface area contributed by atoms with Crippen molar-refractivity contribution in [3.8, 4) is 5.75 Å². The number of carbonyl (C=O) groups is 2. The van der Waals surface area contributed by atoms with Gasteiger partial charge in [0.25, 0.3) is 5.91 Å². The first kappa shape index (κ1) is 16.1. The summed E-state index contributed by atoms with van der Waals surface area (Å²) in [5, 5.41) is 2.86. The van der Waals surface area contributed by atoms with Crippen molar-refractivity contribution in [3.63, 3.8) is 0 Å². The molecule has 1 atom stereocenters. The van der Waals surface area contributed by atoms with E-state index in [1.807, 2.05) is 41.1 Å². The molecule has 2 aromatic heterocycles. The second-order valence-electron chi connectivity index (χ2n) is 6.16. The van der Waals surface area contributed by atoms with Gasteiger partial charge in [0.1, 0.15) is 17.9 Å². The molecule has 0 spiro atoms. The van der Waals surface area contributed by atoms with Crippen LogP contribution in [0.15, 0.2) is 55.0 Å². The van der Waals surface area contributed by atoms with Crippen LogP contribution < -0.4 is 15.0 Å². The molecule has 0 saturated carbocycles. The highest BCUT2D eigenvalue weighted by Gasteiger charge is 2.32. The number of nitrogens with zero attached hydrogens (tertiary/aromatic N) is 3. The minimum Gasteiger partial charge on any atom is -0.479 e. The summed E-state index contributed by atoms with van der Waals surface area (Å²) in [6.45, 7) is 2.01. The van der Waals surface area contributed by atoms with Gasteiger partial charge in [0, 0.05) is 25.1 Å². The lowest BCUT2D eigenvalue weighted by Crippen LogP contribution is -2.48. The van der Waals surface area contributed by atoms with E-state index in [4.69, 9.17) is 4.74 Å². The lowest BCUT2D eigenvalue weighted by molar-refractivity contribution is -0.128. The van der Waals surface area contributed by atoms with Crippen molar-refractivity contribution >= 4 is 23.1 Å². The summed E-state index contributed by atoms with van der Waals surface area (Å²) in [4.78, 5) is 30.5. The minimum atomic E-state index is -0.611. The van der Waals surface area contributed by atoms with E-state index >= 15 is 0 Å². The number of hydrogen-bond donors (Lipinski definition) is 1. The Kier molecular flexibility index (Phi) is 4.04. The summed E-state index contributed by atoms with van der Waals surface area (Å²) in [7, 11) is 0. The SMILES string of the molecule is CC1Oc2ccccc2N(CC(=O)NCc2ccn3ccnc3c2)C1=O. The quantitative estimate of drug-likeness (QED) is 0.778. The molecule has 0 bridgehead atoms. The largest absolute Gasteiger partial charge is 0.479 e. The van der Waals surface area contributed by atoms with E-state index in [9.17, 15) is 9.59 Å². The number of benzene rings is 1. The standard InChI is InChI=1S/C19H18N4O3/c1-13-19(25)23(15-4-2-3-5-16(15)26-13)12-18(24)21-11-14-6-8-22-9-7-20-17(22)10-14/h2-10,13H,11-12H2,1H3,(H,21,24). The Balaban J connectivity index is 1.45. The van der Waals surface area contributed by atoms with Crippen LogP contribution in [0, 0.1) is 0 Å². The third-order valence-electron chi connectivity index (χ3n) is 4.33. The van der Waals surface area contributed by atoms with Gasteiger partial charge in [-0.05, 0) is 36.8 Å². The molecule has 1 N–H and O–H groups in total. The van der Waals surface area contributed by atoms with Gasteiger partial charge in [-0.1, -0.05) is 12.1 Å². The molecule has 26 heavy (non-hydrogen) atoms. The number of rotatable bonds is 4. The minimum absolute atomic E-state index is 0.0465. The predicted molar refractivity (Wildman–Crippen MR) is 95.9 cm³/mol. The average Bonchev–Trinajstić information content (AvgIpc) is 3.11. The van der Waals surface area contributed by atoms with E-state index in [1.165, 1.54) is 4.90 Å². The molecule has 1 aliphatic rings. The van der Waals surface area contributed by atoms with Gasteiger partial charge in [0.2, 0.25) is 5.91 Å². The third kappa shape index (κ3) is 2.99. The maximum atomic E-state index is 12.4. The molecule has 0 saturated heterocycles. The molecule has 1 aliphatic heterocycles. The van der Waals surface area contributed by atoms with E-state index in [-0.39, 0.29) is 18.4 Å². The lowest BCUT2D eigenvalue weighted by Gasteiger charge is -2.32. The Hall–Kier alpha value is -3.35. The van der Waals surface area contributed by atoms with E-state index in [1.54, 1.807) is 25.3 Å². The summed E-state index contributed by atoms with van der Waals surface area (Å²) < 4.78 is 7.49. The van der Waals surface area contributed by atoms with E-state index in [0.29, 0.717) is 18.0 Å². The summed E-state index contributed by atoms with van der Waals surface area (Å²) in [5.74, 6) is 0.153. The van der Waals surface area contributed by atoms with Gasteiger partial charge < -0.3 is 14.5 Å². The molecular formula is C19H18N4O3. The fourth-order valence-electron chi connectivity index (χ4n) is 2.98. The predicted octanol–water partition coefficient (Wildman–Crippen LogP) is 1.76. The molecule has 0 radical (unpaired) electrons. The zero-order valence-electron chi connectivity index (χ0n) is 14.3. The van der Waals surface area contributed by atoms with Crippen LogP contribution in [0.2, 0.25) is 0 Å². The Labute approximate surface area is 150 Å². The smallest absolute Gasteiger partial charge is 0.268 e. The van der Waals surface area contributed by atoms with Crippen molar-refractivity contribution < 1.29 is 14.3 Å². The van der Waals surface area contributed by atoms with Crippen LogP contribution in [-0.2, 0) is 16.1 Å². The van der Waals surface area contributed by atoms with Gasteiger partial charge >= 0.3 is 0 Å². The molecule has 3 heterocycles. The molecule has 7 heteroatoms. The Bertz CT molecular complexity index is 982. The number of hydrogen-bond acceptors (Lipinski definition) is 4. The van der Waals surface area contributed by atoms with E-state index < -0.39 is 6.10 Å². The molecule has 7 nitrogen and oxygen atoms in total. The second kappa shape index (κ2) is 6.51. The molecular weight excluding hydrogens is 332 g/mol. The molecule has 4 rings (SSSR count). The van der Waals surface area contributed by atoms with Gasteiger partial charge in [-0.15, -0.1) is 0 Å².